The largest absolute Gasteiger partial charge is 2.00 e. The molecule has 11 heteroatoms. The van der Waals surface area contributed by atoms with Crippen molar-refractivity contribution in [2.24, 2.45) is 185 Å². The first-order valence-electron chi connectivity index (χ1n) is 52.0. The van der Waals surface area contributed by atoms with E-state index in [9.17, 15) is 40.5 Å². The van der Waals surface area contributed by atoms with Gasteiger partial charge in [-0.1, -0.05) is 139 Å². The Morgan fingerprint density at radius 3 is 0.742 bits per heavy atom. The van der Waals surface area contributed by atoms with E-state index in [1.807, 2.05) is 0 Å². The second-order valence-electron chi connectivity index (χ2n) is 48.5. The number of rotatable bonds is 15. The summed E-state index contributed by atoms with van der Waals surface area (Å²) >= 11 is 0. The van der Waals surface area contributed by atoms with E-state index in [0.717, 1.165) is 204 Å². The van der Waals surface area contributed by atoms with Crippen LogP contribution in [0.4, 0.5) is 0 Å². The van der Waals surface area contributed by atoms with E-state index in [1.165, 1.54) is 199 Å². The van der Waals surface area contributed by atoms with Crippen LogP contribution in [-0.2, 0) is 9.53 Å². The van der Waals surface area contributed by atoms with Gasteiger partial charge in [-0.2, -0.15) is 6.92 Å². The first kappa shape index (κ1) is 104. The molecule has 17 rings (SSSR count). The number of ether oxygens (including phenoxy) is 1. The molecule has 7 N–H and O–H groups in total. The van der Waals surface area contributed by atoms with Crippen molar-refractivity contribution in [3.8, 4) is 0 Å². The first-order valence-corrected chi connectivity index (χ1v) is 52.0. The van der Waals surface area contributed by atoms with E-state index in [-0.39, 0.29) is 88.5 Å². The molecule has 16 saturated carbocycles. The molecule has 0 aromatic rings. The van der Waals surface area contributed by atoms with E-state index >= 15 is 0 Å². The van der Waals surface area contributed by atoms with Crippen LogP contribution < -0.4 is 17.0 Å². The van der Waals surface area contributed by atoms with Crippen LogP contribution in [0.1, 0.15) is 435 Å². The van der Waals surface area contributed by atoms with Gasteiger partial charge in [-0.15, -0.1) is 0 Å². The van der Waals surface area contributed by atoms with Crippen molar-refractivity contribution in [3.05, 3.63) is 6.92 Å². The van der Waals surface area contributed by atoms with E-state index in [2.05, 4.69) is 138 Å². The van der Waals surface area contributed by atoms with Crippen LogP contribution in [0.15, 0.2) is 0 Å². The third kappa shape index (κ3) is 19.0. The van der Waals surface area contributed by atoms with Crippen LogP contribution in [0.2, 0.25) is 0 Å². The van der Waals surface area contributed by atoms with Gasteiger partial charge in [0.15, 0.2) is 0 Å². The van der Waals surface area contributed by atoms with E-state index in [4.69, 9.17) is 4.74 Å². The van der Waals surface area contributed by atoms with E-state index in [1.54, 1.807) is 6.92 Å². The normalized spacial score (nSPS) is 50.0. The second kappa shape index (κ2) is 41.0. The van der Waals surface area contributed by atoms with E-state index in [0.29, 0.717) is 84.7 Å². The van der Waals surface area contributed by atoms with Crippen molar-refractivity contribution in [1.29, 1.82) is 0 Å². The fraction of sp³-hybridized carbons (Fsp3) is 0.982. The van der Waals surface area contributed by atoms with Gasteiger partial charge >= 0.3 is 23.1 Å². The Labute approximate surface area is 767 Å². The molecule has 39 atom stereocenters. The molecular formula is C109H195BrMgO9. The van der Waals surface area contributed by atoms with Crippen molar-refractivity contribution >= 4 is 29.3 Å². The quantitative estimate of drug-likeness (QED) is 0.0480. The predicted molar refractivity (Wildman–Crippen MR) is 497 cm³/mol. The van der Waals surface area contributed by atoms with Crippen molar-refractivity contribution in [2.75, 3.05) is 13.2 Å². The summed E-state index contributed by atoms with van der Waals surface area (Å²) in [6.07, 6.45) is 55.5. The smallest absolute Gasteiger partial charge is 1.00 e. The van der Waals surface area contributed by atoms with Crippen molar-refractivity contribution in [3.63, 3.8) is 0 Å². The zero-order valence-electron chi connectivity index (χ0n) is 81.1. The molecule has 9 nitrogen and oxygen atoms in total. The Morgan fingerprint density at radius 1 is 0.325 bits per heavy atom. The van der Waals surface area contributed by atoms with Gasteiger partial charge in [-0.3, -0.25) is 0 Å². The fourth-order valence-electron chi connectivity index (χ4n) is 36.7. The predicted octanol–water partition coefficient (Wildman–Crippen LogP) is 23.1. The van der Waals surface area contributed by atoms with Gasteiger partial charge in [0.25, 0.3) is 0 Å². The second-order valence-corrected chi connectivity index (χ2v) is 48.5. The van der Waals surface area contributed by atoms with Crippen molar-refractivity contribution in [2.45, 2.75) is 476 Å². The monoisotopic (exact) mass is 1750 g/mol. The zero-order valence-corrected chi connectivity index (χ0v) is 84.1. The summed E-state index contributed by atoms with van der Waals surface area (Å²) in [5.74, 6) is 17.6. The number of carbonyl (C=O) groups excluding carboxylic acids is 1. The Bertz CT molecular complexity index is 2940. The minimum Gasteiger partial charge on any atom is -1.00 e. The standard InChI is InChI=1S/3C26H46O2.C24H40O2.C4H8O.C2H5.CH4.BrH.Mg/c3*1-6-23(27)17(3)20-10-11-21-19-9-8-18-16-26(28,7-2)15-14-24(18,4)22(19)12-13-25(20,21)5;1-5-24(26)13-12-22(3)17(14-24)6-7-18-20-9-8-19(16(2)15-25)23(20,4)11-10-21(18)22;1-2-4-5-3-1;1-2;;;/h3*17-23,27-28H,6-16H2,1-5H3;15-21,26H,5-14H2,1-4H3;1-4H2;1H2,2H3;1H4;1H;/q;;;;;-1;;;+2/p-1/t17-,18-,19-,20+,21-,22-,23?,24-,25+,26-;2*17-,18-,19-,20+,21-,22-,23-,24-,25+,26-;16-,17+,18+,19-,20+,21+,22+,23-,24+;;;;;/m0001...../s1. The van der Waals surface area contributed by atoms with Crippen LogP contribution >= 0.6 is 0 Å². The number of aliphatic hydroxyl groups excluding tert-OH is 3. The Balaban J connectivity index is 0.000000176. The molecule has 17 aliphatic rings. The maximum atomic E-state index is 11.5. The molecule has 1 unspecified atom stereocenters. The van der Waals surface area contributed by atoms with Gasteiger partial charge in [-0.05, 0) is 468 Å². The van der Waals surface area contributed by atoms with E-state index < -0.39 is 5.60 Å². The Hall–Kier alpha value is 0.596. The molecule has 120 heavy (non-hydrogen) atoms. The Morgan fingerprint density at radius 2 is 0.542 bits per heavy atom. The van der Waals surface area contributed by atoms with Crippen LogP contribution in [0.25, 0.3) is 0 Å². The summed E-state index contributed by atoms with van der Waals surface area (Å²) in [5.41, 5.74) is 1.99. The summed E-state index contributed by atoms with van der Waals surface area (Å²) < 4.78 is 4.94. The summed E-state index contributed by atoms with van der Waals surface area (Å²) in [7, 11) is 0. The zero-order chi connectivity index (χ0) is 85.2. The van der Waals surface area contributed by atoms with Gasteiger partial charge < -0.3 is 69.2 Å². The molecule has 0 amide bonds. The Kier molecular flexibility index (Phi) is 35.6. The molecule has 16 aliphatic carbocycles. The average molecular weight is 1750 g/mol. The van der Waals surface area contributed by atoms with Crippen LogP contribution in [0.5, 0.6) is 0 Å². The minimum atomic E-state index is -0.391. The molecule has 1 saturated heterocycles. The molecule has 694 valence electrons. The molecule has 0 bridgehead atoms. The fourth-order valence-corrected chi connectivity index (χ4v) is 36.7. The molecular weight excluding hydrogens is 1560 g/mol. The van der Waals surface area contributed by atoms with Gasteiger partial charge in [0, 0.05) is 19.1 Å². The first-order chi connectivity index (χ1) is 55.3. The number of aldehydes is 1. The summed E-state index contributed by atoms with van der Waals surface area (Å²) in [6, 6.07) is 0. The molecule has 0 radical (unpaired) electrons. The molecule has 0 aromatic carbocycles. The number of aliphatic hydroxyl groups is 7. The number of carbonyl (C=O) groups is 1. The summed E-state index contributed by atoms with van der Waals surface area (Å²) in [6.45, 7) is 51.9. The molecule has 0 aromatic heterocycles. The third-order valence-corrected chi connectivity index (χ3v) is 44.9. The third-order valence-electron chi connectivity index (χ3n) is 44.9. The average Bonchev–Trinajstić information content (AvgIpc) is 1.42. The number of halogens is 1. The van der Waals surface area contributed by atoms with Crippen molar-refractivity contribution in [1.82, 2.24) is 0 Å². The van der Waals surface area contributed by atoms with Gasteiger partial charge in [-0.25, -0.2) is 0 Å². The molecule has 0 spiro atoms. The van der Waals surface area contributed by atoms with Gasteiger partial charge in [0.1, 0.15) is 6.29 Å². The van der Waals surface area contributed by atoms with Gasteiger partial charge in [0.2, 0.25) is 0 Å². The summed E-state index contributed by atoms with van der Waals surface area (Å²) in [5, 5.41) is 75.5. The number of hydrogen-bond acceptors (Lipinski definition) is 9. The maximum Gasteiger partial charge on any atom is 2.00 e. The molecule has 1 heterocycles. The van der Waals surface area contributed by atoms with Crippen LogP contribution in [0.3, 0.4) is 0 Å². The van der Waals surface area contributed by atoms with Crippen molar-refractivity contribution < 1.29 is 62.3 Å². The minimum absolute atomic E-state index is 0. The summed E-state index contributed by atoms with van der Waals surface area (Å²) in [4.78, 5) is 11.5. The number of hydrogen-bond donors (Lipinski definition) is 7. The SMILES string of the molecule is C.C1CCOC1.CCC(O)[C@@H](C)[C@H]1CC[C@H]2[C@@H]3CC[C@H]4C[C@](O)(CC)CC[C@]4(C)[C@H]3CC[C@]12C.CC[C@H](O)[C@@H](C)[C@H]1CC[C@H]2[C@@H]3CC[C@H]4C[C@](O)(CC)CC[C@]4(C)[C@H]3CC[C@]12C.CC[C@H](O)[C@@H](C)[C@H]1CC[C@H]2[C@@H]3CC[C@H]4C[C@](O)(CC)CC[C@]4(C)[C@H]3CC[C@]12C.CC[C@]1(O)CC[C@@]2(C)[C@@H](CC[C@@H]3[C@@H]2CC[C@]2(C)[C@@H]([C@H](C)C=O)CC[C@@H]32)C1.[Br-].[CH2-]C.[Mg+2]. The molecule has 1 aliphatic heterocycles. The maximum absolute atomic E-state index is 11.5. The number of fused-ring (bicyclic) bond motifs is 20. The van der Waals surface area contributed by atoms with Crippen LogP contribution in [0, 0.1) is 192 Å². The van der Waals surface area contributed by atoms with Crippen LogP contribution in [-0.4, -0.2) is 119 Å². The molecule has 17 fully saturated rings. The van der Waals surface area contributed by atoms with Gasteiger partial charge in [0.05, 0.1) is 40.7 Å². The topological polar surface area (TPSA) is 168 Å².